The fourth-order valence-corrected chi connectivity index (χ4v) is 0.600. The van der Waals surface area contributed by atoms with Gasteiger partial charge in [0.25, 0.3) is 0 Å². The summed E-state index contributed by atoms with van der Waals surface area (Å²) in [5.74, 6) is 0.248. The summed E-state index contributed by atoms with van der Waals surface area (Å²) in [5.41, 5.74) is 11.2. The molecule has 10 heavy (non-hydrogen) atoms. The van der Waals surface area contributed by atoms with Crippen LogP contribution >= 0.6 is 0 Å². The minimum atomic E-state index is -0.538. The molecule has 0 bridgehead atoms. The van der Waals surface area contributed by atoms with Crippen molar-refractivity contribution in [3.63, 3.8) is 0 Å². The Hall–Kier alpha value is -1.30. The van der Waals surface area contributed by atoms with E-state index in [0.29, 0.717) is 5.70 Å². The van der Waals surface area contributed by atoms with Gasteiger partial charge >= 0.3 is 0 Å². The van der Waals surface area contributed by atoms with Crippen LogP contribution in [0.2, 0.25) is 0 Å². The van der Waals surface area contributed by atoms with Crippen LogP contribution in [-0.4, -0.2) is 13.2 Å². The van der Waals surface area contributed by atoms with Crippen molar-refractivity contribution in [2.24, 2.45) is 31.9 Å². The second-order valence-electron chi connectivity index (χ2n) is 1.73. The normalized spacial score (nSPS) is 25.2. The second-order valence-corrected chi connectivity index (χ2v) is 1.73. The van der Waals surface area contributed by atoms with Crippen LogP contribution in [-0.2, 0) is 0 Å². The molecule has 1 heterocycles. The lowest BCUT2D eigenvalue weighted by Gasteiger charge is -1.95. The summed E-state index contributed by atoms with van der Waals surface area (Å²) in [6.45, 7) is 0. The molecule has 54 valence electrons. The first-order valence-corrected chi connectivity index (χ1v) is 2.71. The van der Waals surface area contributed by atoms with Crippen LogP contribution in [0, 0.1) is 0 Å². The Morgan fingerprint density at radius 2 is 2.30 bits per heavy atom. The molecule has 0 fully saturated rings. The van der Waals surface area contributed by atoms with E-state index in [9.17, 15) is 0 Å². The summed E-state index contributed by atoms with van der Waals surface area (Å²) in [4.78, 5) is 0. The van der Waals surface area contributed by atoms with Crippen LogP contribution in [0.4, 0.5) is 0 Å². The summed E-state index contributed by atoms with van der Waals surface area (Å²) in [5, 5.41) is 14.2. The molecule has 0 spiro atoms. The standard InChI is InChI=1S/C4H8N6/c1-7-8-2-3(5)9-10-4(2)6/h3H,5-6H2,1H3. The van der Waals surface area contributed by atoms with Crippen molar-refractivity contribution in [3.05, 3.63) is 11.5 Å². The number of hydrogen-bond acceptors (Lipinski definition) is 6. The number of nitrogens with zero attached hydrogens (tertiary/aromatic N) is 4. The Morgan fingerprint density at radius 1 is 1.60 bits per heavy atom. The first kappa shape index (κ1) is 6.81. The summed E-state index contributed by atoms with van der Waals surface area (Å²) in [6.07, 6.45) is -0.538. The monoisotopic (exact) mass is 140 g/mol. The van der Waals surface area contributed by atoms with Gasteiger partial charge in [-0.05, 0) is 0 Å². The molecule has 0 saturated carbocycles. The molecule has 0 aromatic heterocycles. The predicted octanol–water partition coefficient (Wildman–Crippen LogP) is -0.0532. The predicted molar refractivity (Wildman–Crippen MR) is 34.8 cm³/mol. The molecule has 0 aliphatic carbocycles. The highest BCUT2D eigenvalue weighted by Gasteiger charge is 2.17. The van der Waals surface area contributed by atoms with Gasteiger partial charge < -0.3 is 11.5 Å². The van der Waals surface area contributed by atoms with Gasteiger partial charge in [-0.15, -0.1) is 5.11 Å². The lowest BCUT2D eigenvalue weighted by molar-refractivity contribution is 0.783. The number of rotatable bonds is 1. The lowest BCUT2D eigenvalue weighted by Crippen LogP contribution is -2.17. The van der Waals surface area contributed by atoms with Crippen LogP contribution in [0.5, 0.6) is 0 Å². The third-order valence-electron chi connectivity index (χ3n) is 1.04. The largest absolute Gasteiger partial charge is 0.381 e. The molecule has 6 heteroatoms. The Kier molecular flexibility index (Phi) is 1.72. The van der Waals surface area contributed by atoms with Crippen LogP contribution in [0.3, 0.4) is 0 Å². The van der Waals surface area contributed by atoms with E-state index in [2.05, 4.69) is 20.5 Å². The van der Waals surface area contributed by atoms with E-state index in [1.54, 1.807) is 0 Å². The van der Waals surface area contributed by atoms with Gasteiger partial charge in [-0.3, -0.25) is 0 Å². The number of hydrogen-bond donors (Lipinski definition) is 2. The molecule has 1 aliphatic heterocycles. The van der Waals surface area contributed by atoms with Crippen LogP contribution < -0.4 is 11.5 Å². The van der Waals surface area contributed by atoms with Crippen molar-refractivity contribution in [2.75, 3.05) is 7.05 Å². The van der Waals surface area contributed by atoms with E-state index in [0.717, 1.165) is 0 Å². The van der Waals surface area contributed by atoms with E-state index in [-0.39, 0.29) is 5.82 Å². The first-order valence-electron chi connectivity index (χ1n) is 2.71. The molecule has 0 amide bonds. The Bertz CT molecular complexity index is 214. The maximum Gasteiger partial charge on any atom is 0.173 e. The quantitative estimate of drug-likeness (QED) is 0.498. The van der Waals surface area contributed by atoms with Gasteiger partial charge in [0, 0.05) is 7.05 Å². The molecule has 0 radical (unpaired) electrons. The molecule has 1 rings (SSSR count). The minimum absolute atomic E-state index is 0.248. The molecular formula is C4H8N6. The lowest BCUT2D eigenvalue weighted by atomic mass is 10.4. The van der Waals surface area contributed by atoms with E-state index < -0.39 is 6.17 Å². The molecule has 0 aromatic carbocycles. The zero-order valence-corrected chi connectivity index (χ0v) is 5.52. The summed E-state index contributed by atoms with van der Waals surface area (Å²) < 4.78 is 0. The Morgan fingerprint density at radius 3 is 2.70 bits per heavy atom. The molecule has 0 saturated heterocycles. The van der Waals surface area contributed by atoms with E-state index in [1.165, 1.54) is 7.05 Å². The topological polar surface area (TPSA) is 101 Å². The van der Waals surface area contributed by atoms with Crippen molar-refractivity contribution in [1.29, 1.82) is 0 Å². The average Bonchev–Trinajstić information content (AvgIpc) is 2.20. The van der Waals surface area contributed by atoms with E-state index in [4.69, 9.17) is 11.5 Å². The van der Waals surface area contributed by atoms with Gasteiger partial charge in [-0.1, -0.05) is 0 Å². The molecule has 4 N–H and O–H groups in total. The van der Waals surface area contributed by atoms with Gasteiger partial charge in [-0.2, -0.15) is 15.3 Å². The summed E-state index contributed by atoms with van der Waals surface area (Å²) in [6, 6.07) is 0. The molecule has 1 atom stereocenters. The van der Waals surface area contributed by atoms with Crippen LogP contribution in [0.15, 0.2) is 32.0 Å². The van der Waals surface area contributed by atoms with E-state index >= 15 is 0 Å². The Balaban J connectivity index is 2.85. The van der Waals surface area contributed by atoms with E-state index in [1.807, 2.05) is 0 Å². The second kappa shape index (κ2) is 2.53. The maximum atomic E-state index is 5.40. The summed E-state index contributed by atoms with van der Waals surface area (Å²) in [7, 11) is 1.53. The third kappa shape index (κ3) is 1.01. The third-order valence-corrected chi connectivity index (χ3v) is 1.04. The van der Waals surface area contributed by atoms with Crippen LogP contribution in [0.1, 0.15) is 0 Å². The summed E-state index contributed by atoms with van der Waals surface area (Å²) >= 11 is 0. The molecule has 0 aromatic rings. The fraction of sp³-hybridized carbons (Fsp3) is 0.500. The smallest absolute Gasteiger partial charge is 0.173 e. The van der Waals surface area contributed by atoms with Gasteiger partial charge in [0.2, 0.25) is 0 Å². The van der Waals surface area contributed by atoms with Crippen molar-refractivity contribution in [3.8, 4) is 0 Å². The molecule has 1 aliphatic rings. The molecular weight excluding hydrogens is 132 g/mol. The Labute approximate surface area is 57.7 Å². The molecule has 6 nitrogen and oxygen atoms in total. The minimum Gasteiger partial charge on any atom is -0.381 e. The van der Waals surface area contributed by atoms with Crippen molar-refractivity contribution in [2.45, 2.75) is 6.17 Å². The highest BCUT2D eigenvalue weighted by molar-refractivity contribution is 5.16. The highest BCUT2D eigenvalue weighted by Crippen LogP contribution is 2.15. The average molecular weight is 140 g/mol. The zero-order valence-electron chi connectivity index (χ0n) is 5.52. The van der Waals surface area contributed by atoms with Gasteiger partial charge in [0.05, 0.1) is 0 Å². The van der Waals surface area contributed by atoms with Gasteiger partial charge in [0.1, 0.15) is 5.70 Å². The van der Waals surface area contributed by atoms with Crippen molar-refractivity contribution >= 4 is 0 Å². The van der Waals surface area contributed by atoms with Crippen molar-refractivity contribution < 1.29 is 0 Å². The first-order chi connectivity index (χ1) is 4.75. The van der Waals surface area contributed by atoms with Gasteiger partial charge in [0.15, 0.2) is 12.0 Å². The fourth-order valence-electron chi connectivity index (χ4n) is 0.600. The number of nitrogens with two attached hydrogens (primary N) is 2. The zero-order chi connectivity index (χ0) is 7.56. The SMILES string of the molecule is CN=NC1=C(N)N=NC1N. The number of azo groups is 2. The highest BCUT2D eigenvalue weighted by atomic mass is 15.3. The van der Waals surface area contributed by atoms with Gasteiger partial charge in [-0.25, -0.2) is 0 Å². The molecule has 1 unspecified atom stereocenters. The van der Waals surface area contributed by atoms with Crippen molar-refractivity contribution in [1.82, 2.24) is 0 Å². The van der Waals surface area contributed by atoms with Crippen LogP contribution in [0.25, 0.3) is 0 Å². The maximum absolute atomic E-state index is 5.40.